The highest BCUT2D eigenvalue weighted by Crippen LogP contribution is 2.19. The Morgan fingerprint density at radius 3 is 2.71 bits per heavy atom. The molecule has 0 saturated heterocycles. The van der Waals surface area contributed by atoms with Crippen LogP contribution in [0.15, 0.2) is 24.3 Å². The van der Waals surface area contributed by atoms with Gasteiger partial charge >= 0.3 is 0 Å². The number of hydrogen-bond donors (Lipinski definition) is 3. The molecule has 1 aromatic rings. The van der Waals surface area contributed by atoms with Gasteiger partial charge < -0.3 is 15.5 Å². The van der Waals surface area contributed by atoms with E-state index in [0.29, 0.717) is 6.54 Å². The molecule has 0 aliphatic rings. The molecule has 0 heterocycles. The number of aliphatic hydroxyl groups is 1. The molecule has 0 saturated carbocycles. The summed E-state index contributed by atoms with van der Waals surface area (Å²) in [7, 11) is 0. The summed E-state index contributed by atoms with van der Waals surface area (Å²) in [6.45, 7) is 6.49. The maximum Gasteiger partial charge on any atom is 0.115 e. The zero-order valence-electron chi connectivity index (χ0n) is 10.9. The van der Waals surface area contributed by atoms with Crippen molar-refractivity contribution in [2.24, 2.45) is 0 Å². The zero-order valence-corrected chi connectivity index (χ0v) is 10.9. The lowest BCUT2D eigenvalue weighted by Crippen LogP contribution is -2.38. The topological polar surface area (TPSA) is 52.5 Å². The van der Waals surface area contributed by atoms with Crippen molar-refractivity contribution in [2.45, 2.75) is 45.3 Å². The van der Waals surface area contributed by atoms with Crippen LogP contribution < -0.4 is 5.32 Å². The van der Waals surface area contributed by atoms with E-state index in [1.165, 1.54) is 0 Å². The first-order chi connectivity index (χ1) is 7.94. The molecule has 3 N–H and O–H groups in total. The molecule has 0 aliphatic carbocycles. The lowest BCUT2D eigenvalue weighted by Gasteiger charge is -2.25. The van der Waals surface area contributed by atoms with Gasteiger partial charge in [-0.1, -0.05) is 25.5 Å². The van der Waals surface area contributed by atoms with Gasteiger partial charge in [-0.2, -0.15) is 0 Å². The SMILES string of the molecule is CCCC(C)(O)CNC(C)c1cccc(O)c1. The predicted molar refractivity (Wildman–Crippen MR) is 70.1 cm³/mol. The van der Waals surface area contributed by atoms with Crippen molar-refractivity contribution in [1.82, 2.24) is 5.32 Å². The average Bonchev–Trinajstić information content (AvgIpc) is 2.26. The van der Waals surface area contributed by atoms with E-state index in [1.807, 2.05) is 26.0 Å². The maximum atomic E-state index is 10.1. The largest absolute Gasteiger partial charge is 0.508 e. The van der Waals surface area contributed by atoms with Crippen LogP contribution in [0.2, 0.25) is 0 Å². The minimum absolute atomic E-state index is 0.116. The molecule has 96 valence electrons. The summed E-state index contributed by atoms with van der Waals surface area (Å²) in [5.41, 5.74) is 0.358. The highest BCUT2D eigenvalue weighted by molar-refractivity contribution is 5.29. The third-order valence-corrected chi connectivity index (χ3v) is 2.95. The fourth-order valence-corrected chi connectivity index (χ4v) is 1.91. The van der Waals surface area contributed by atoms with Gasteiger partial charge in [-0.25, -0.2) is 0 Å². The van der Waals surface area contributed by atoms with Crippen LogP contribution in [0.4, 0.5) is 0 Å². The van der Waals surface area contributed by atoms with Crippen LogP contribution in [0.25, 0.3) is 0 Å². The second-order valence-corrected chi connectivity index (χ2v) is 4.94. The summed E-state index contributed by atoms with van der Waals surface area (Å²) >= 11 is 0. The van der Waals surface area contributed by atoms with Gasteiger partial charge in [0.2, 0.25) is 0 Å². The third-order valence-electron chi connectivity index (χ3n) is 2.95. The van der Waals surface area contributed by atoms with Crippen LogP contribution >= 0.6 is 0 Å². The van der Waals surface area contributed by atoms with E-state index < -0.39 is 5.60 Å². The van der Waals surface area contributed by atoms with Gasteiger partial charge in [0.25, 0.3) is 0 Å². The van der Waals surface area contributed by atoms with Gasteiger partial charge in [-0.3, -0.25) is 0 Å². The highest BCUT2D eigenvalue weighted by atomic mass is 16.3. The minimum atomic E-state index is -0.667. The normalized spacial score (nSPS) is 16.5. The van der Waals surface area contributed by atoms with E-state index >= 15 is 0 Å². The molecule has 0 spiro atoms. The van der Waals surface area contributed by atoms with Gasteiger partial charge in [-0.15, -0.1) is 0 Å². The Morgan fingerprint density at radius 2 is 2.12 bits per heavy atom. The quantitative estimate of drug-likeness (QED) is 0.713. The molecular formula is C14H23NO2. The number of hydrogen-bond acceptors (Lipinski definition) is 3. The van der Waals surface area contributed by atoms with Gasteiger partial charge in [0.05, 0.1) is 5.60 Å². The second-order valence-electron chi connectivity index (χ2n) is 4.94. The first-order valence-electron chi connectivity index (χ1n) is 6.19. The zero-order chi connectivity index (χ0) is 12.9. The molecule has 3 nitrogen and oxygen atoms in total. The fraction of sp³-hybridized carbons (Fsp3) is 0.571. The first kappa shape index (κ1) is 14.0. The predicted octanol–water partition coefficient (Wildman–Crippen LogP) is 2.59. The molecule has 3 heteroatoms. The standard InChI is InChI=1S/C14H23NO2/c1-4-8-14(3,17)10-15-11(2)12-6-5-7-13(16)9-12/h5-7,9,11,15-17H,4,8,10H2,1-3H3. The second kappa shape index (κ2) is 6.03. The number of benzene rings is 1. The van der Waals surface area contributed by atoms with Crippen molar-refractivity contribution in [3.05, 3.63) is 29.8 Å². The number of rotatable bonds is 6. The molecule has 0 fully saturated rings. The van der Waals surface area contributed by atoms with Crippen molar-refractivity contribution in [3.8, 4) is 5.75 Å². The van der Waals surface area contributed by atoms with E-state index in [9.17, 15) is 10.2 Å². The molecular weight excluding hydrogens is 214 g/mol. The molecule has 0 aliphatic heterocycles. The van der Waals surface area contributed by atoms with E-state index in [4.69, 9.17) is 0 Å². The number of aromatic hydroxyl groups is 1. The molecule has 0 bridgehead atoms. The van der Waals surface area contributed by atoms with Crippen molar-refractivity contribution in [1.29, 1.82) is 0 Å². The lowest BCUT2D eigenvalue weighted by molar-refractivity contribution is 0.0477. The van der Waals surface area contributed by atoms with Gasteiger partial charge in [0.1, 0.15) is 5.75 Å². The van der Waals surface area contributed by atoms with Crippen LogP contribution in [0.3, 0.4) is 0 Å². The average molecular weight is 237 g/mol. The van der Waals surface area contributed by atoms with E-state index in [1.54, 1.807) is 12.1 Å². The van der Waals surface area contributed by atoms with E-state index in [2.05, 4.69) is 12.2 Å². The Labute approximate surface area is 103 Å². The van der Waals surface area contributed by atoms with Crippen LogP contribution in [-0.4, -0.2) is 22.4 Å². The molecule has 1 aromatic carbocycles. The molecule has 2 unspecified atom stereocenters. The van der Waals surface area contributed by atoms with Crippen LogP contribution in [0.1, 0.15) is 45.2 Å². The monoisotopic (exact) mass is 237 g/mol. The smallest absolute Gasteiger partial charge is 0.115 e. The maximum absolute atomic E-state index is 10.1. The summed E-state index contributed by atoms with van der Waals surface area (Å²) in [5.74, 6) is 0.275. The summed E-state index contributed by atoms with van der Waals surface area (Å²) < 4.78 is 0. The summed E-state index contributed by atoms with van der Waals surface area (Å²) in [4.78, 5) is 0. The van der Waals surface area contributed by atoms with Crippen molar-refractivity contribution < 1.29 is 10.2 Å². The molecule has 1 rings (SSSR count). The van der Waals surface area contributed by atoms with E-state index in [-0.39, 0.29) is 11.8 Å². The number of phenols is 1. The Morgan fingerprint density at radius 1 is 1.41 bits per heavy atom. The van der Waals surface area contributed by atoms with Crippen molar-refractivity contribution in [3.63, 3.8) is 0 Å². The first-order valence-corrected chi connectivity index (χ1v) is 6.19. The van der Waals surface area contributed by atoms with Crippen LogP contribution in [0.5, 0.6) is 5.75 Å². The summed E-state index contributed by atoms with van der Waals surface area (Å²) in [5, 5.41) is 22.7. The Kier molecular flexibility index (Phi) is 4.97. The van der Waals surface area contributed by atoms with Crippen LogP contribution in [0, 0.1) is 0 Å². The third kappa shape index (κ3) is 4.75. The summed E-state index contributed by atoms with van der Waals surface area (Å²) in [6.07, 6.45) is 1.75. The molecule has 0 radical (unpaired) electrons. The molecule has 2 atom stereocenters. The Hall–Kier alpha value is -1.06. The highest BCUT2D eigenvalue weighted by Gasteiger charge is 2.19. The fourth-order valence-electron chi connectivity index (χ4n) is 1.91. The van der Waals surface area contributed by atoms with Gasteiger partial charge in [0.15, 0.2) is 0 Å². The van der Waals surface area contributed by atoms with Gasteiger partial charge in [0, 0.05) is 12.6 Å². The number of phenolic OH excluding ortho intramolecular Hbond substituents is 1. The van der Waals surface area contributed by atoms with Crippen molar-refractivity contribution in [2.75, 3.05) is 6.54 Å². The van der Waals surface area contributed by atoms with E-state index in [0.717, 1.165) is 18.4 Å². The molecule has 0 amide bonds. The van der Waals surface area contributed by atoms with Crippen molar-refractivity contribution >= 4 is 0 Å². The van der Waals surface area contributed by atoms with Gasteiger partial charge in [-0.05, 0) is 38.0 Å². The Balaban J connectivity index is 2.52. The number of nitrogens with one attached hydrogen (secondary N) is 1. The Bertz CT molecular complexity index is 350. The molecule has 17 heavy (non-hydrogen) atoms. The molecule has 0 aromatic heterocycles. The summed E-state index contributed by atoms with van der Waals surface area (Å²) in [6, 6.07) is 7.31. The van der Waals surface area contributed by atoms with Crippen LogP contribution in [-0.2, 0) is 0 Å². The lowest BCUT2D eigenvalue weighted by atomic mass is 9.99. The minimum Gasteiger partial charge on any atom is -0.508 e.